The second kappa shape index (κ2) is 5.18. The van der Waals surface area contributed by atoms with E-state index in [2.05, 4.69) is 38.1 Å². The van der Waals surface area contributed by atoms with Gasteiger partial charge in [0.2, 0.25) is 0 Å². The van der Waals surface area contributed by atoms with Crippen LogP contribution in [0.3, 0.4) is 0 Å². The minimum Gasteiger partial charge on any atom is -0.321 e. The number of rotatable bonds is 2. The summed E-state index contributed by atoms with van der Waals surface area (Å²) in [5.74, 6) is 0.773. The van der Waals surface area contributed by atoms with Gasteiger partial charge in [-0.2, -0.15) is 0 Å². The summed E-state index contributed by atoms with van der Waals surface area (Å²) < 4.78 is 0. The van der Waals surface area contributed by atoms with E-state index in [1.54, 1.807) is 0 Å². The molecule has 2 aliphatic carbocycles. The van der Waals surface area contributed by atoms with Gasteiger partial charge in [0.1, 0.15) is 0 Å². The molecule has 2 N–H and O–H groups in total. The zero-order valence-electron chi connectivity index (χ0n) is 13.1. The molecule has 3 rings (SSSR count). The van der Waals surface area contributed by atoms with Crippen LogP contribution in [0.5, 0.6) is 0 Å². The molecule has 1 aromatic carbocycles. The van der Waals surface area contributed by atoms with E-state index in [1.165, 1.54) is 49.7 Å². The van der Waals surface area contributed by atoms with E-state index in [-0.39, 0.29) is 5.54 Å². The summed E-state index contributed by atoms with van der Waals surface area (Å²) in [6.45, 7) is 4.81. The van der Waals surface area contributed by atoms with E-state index < -0.39 is 0 Å². The van der Waals surface area contributed by atoms with Crippen LogP contribution < -0.4 is 5.73 Å². The quantitative estimate of drug-likeness (QED) is 0.795. The number of hydrogen-bond donors (Lipinski definition) is 1. The Labute approximate surface area is 124 Å². The lowest BCUT2D eigenvalue weighted by molar-refractivity contribution is 0.224. The molecule has 2 saturated carbocycles. The van der Waals surface area contributed by atoms with Gasteiger partial charge in [-0.1, -0.05) is 51.0 Å². The maximum Gasteiger partial charge on any atom is 0.0409 e. The molecule has 0 amide bonds. The van der Waals surface area contributed by atoms with Gasteiger partial charge in [-0.25, -0.2) is 0 Å². The van der Waals surface area contributed by atoms with E-state index in [1.807, 2.05) is 0 Å². The molecule has 0 heterocycles. The highest BCUT2D eigenvalue weighted by Crippen LogP contribution is 2.43. The Hall–Kier alpha value is -0.820. The van der Waals surface area contributed by atoms with E-state index >= 15 is 0 Å². The maximum absolute atomic E-state index is 6.54. The standard InChI is InChI=1S/C19H29N/c1-18(2)13-9-16(10-14-18)15-5-7-17(8-6-15)19(20)11-3-4-12-19/h5-8,16H,3-4,9-14,20H2,1-2H3. The van der Waals surface area contributed by atoms with Crippen LogP contribution in [-0.4, -0.2) is 0 Å². The first-order valence-corrected chi connectivity index (χ1v) is 8.38. The highest BCUT2D eigenvalue weighted by Gasteiger charge is 2.31. The van der Waals surface area contributed by atoms with Crippen molar-refractivity contribution in [3.8, 4) is 0 Å². The highest BCUT2D eigenvalue weighted by molar-refractivity contribution is 5.31. The van der Waals surface area contributed by atoms with Crippen molar-refractivity contribution in [1.82, 2.24) is 0 Å². The van der Waals surface area contributed by atoms with Gasteiger partial charge in [0.15, 0.2) is 0 Å². The minimum atomic E-state index is -0.0346. The zero-order valence-corrected chi connectivity index (χ0v) is 13.1. The minimum absolute atomic E-state index is 0.0346. The molecular weight excluding hydrogens is 242 g/mol. The van der Waals surface area contributed by atoms with Gasteiger partial charge in [-0.05, 0) is 61.0 Å². The maximum atomic E-state index is 6.54. The molecule has 1 heteroatoms. The summed E-state index contributed by atoms with van der Waals surface area (Å²) in [6.07, 6.45) is 10.3. The Morgan fingerprint density at radius 3 is 2.00 bits per heavy atom. The van der Waals surface area contributed by atoms with Crippen LogP contribution in [0.15, 0.2) is 24.3 Å². The summed E-state index contributed by atoms with van der Waals surface area (Å²) >= 11 is 0. The molecule has 2 aliphatic rings. The fourth-order valence-electron chi connectivity index (χ4n) is 4.11. The molecule has 0 aliphatic heterocycles. The van der Waals surface area contributed by atoms with Gasteiger partial charge in [0.25, 0.3) is 0 Å². The summed E-state index contributed by atoms with van der Waals surface area (Å²) in [4.78, 5) is 0. The second-order valence-corrected chi connectivity index (χ2v) is 7.92. The van der Waals surface area contributed by atoms with Crippen LogP contribution in [0.4, 0.5) is 0 Å². The van der Waals surface area contributed by atoms with Crippen LogP contribution in [-0.2, 0) is 5.54 Å². The molecule has 1 aromatic rings. The van der Waals surface area contributed by atoms with Crippen molar-refractivity contribution in [2.45, 2.75) is 76.7 Å². The fourth-order valence-corrected chi connectivity index (χ4v) is 4.11. The average molecular weight is 271 g/mol. The normalized spacial score (nSPS) is 25.8. The first-order chi connectivity index (χ1) is 9.49. The lowest BCUT2D eigenvalue weighted by Crippen LogP contribution is -2.33. The molecule has 110 valence electrons. The number of benzene rings is 1. The molecule has 0 bridgehead atoms. The second-order valence-electron chi connectivity index (χ2n) is 7.92. The van der Waals surface area contributed by atoms with Crippen molar-refractivity contribution in [2.24, 2.45) is 11.1 Å². The van der Waals surface area contributed by atoms with Gasteiger partial charge < -0.3 is 5.73 Å². The first-order valence-electron chi connectivity index (χ1n) is 8.38. The fraction of sp³-hybridized carbons (Fsp3) is 0.684. The van der Waals surface area contributed by atoms with Crippen LogP contribution in [0.1, 0.15) is 82.3 Å². The van der Waals surface area contributed by atoms with Crippen LogP contribution in [0, 0.1) is 5.41 Å². The molecule has 0 unspecified atom stereocenters. The third kappa shape index (κ3) is 2.79. The Morgan fingerprint density at radius 1 is 0.900 bits per heavy atom. The third-order valence-corrected chi connectivity index (χ3v) is 5.79. The lowest BCUT2D eigenvalue weighted by atomic mass is 9.71. The largest absolute Gasteiger partial charge is 0.321 e. The van der Waals surface area contributed by atoms with Crippen molar-refractivity contribution in [3.63, 3.8) is 0 Å². The number of hydrogen-bond acceptors (Lipinski definition) is 1. The Morgan fingerprint density at radius 2 is 1.45 bits per heavy atom. The monoisotopic (exact) mass is 271 g/mol. The molecular formula is C19H29N. The third-order valence-electron chi connectivity index (χ3n) is 5.79. The van der Waals surface area contributed by atoms with E-state index in [9.17, 15) is 0 Å². The van der Waals surface area contributed by atoms with Crippen molar-refractivity contribution >= 4 is 0 Å². The first kappa shape index (κ1) is 14.1. The van der Waals surface area contributed by atoms with Crippen molar-refractivity contribution in [2.75, 3.05) is 0 Å². The molecule has 0 spiro atoms. The Balaban J connectivity index is 1.70. The topological polar surface area (TPSA) is 26.0 Å². The predicted octanol–water partition coefficient (Wildman–Crippen LogP) is 5.10. The Bertz CT molecular complexity index is 441. The van der Waals surface area contributed by atoms with Crippen LogP contribution >= 0.6 is 0 Å². The molecule has 1 nitrogen and oxygen atoms in total. The Kier molecular flexibility index (Phi) is 3.66. The smallest absolute Gasteiger partial charge is 0.0409 e. The average Bonchev–Trinajstić information content (AvgIpc) is 2.87. The van der Waals surface area contributed by atoms with Crippen molar-refractivity contribution in [1.29, 1.82) is 0 Å². The predicted molar refractivity (Wildman–Crippen MR) is 85.8 cm³/mol. The summed E-state index contributed by atoms with van der Waals surface area (Å²) in [5, 5.41) is 0. The molecule has 0 aromatic heterocycles. The molecule has 0 radical (unpaired) electrons. The van der Waals surface area contributed by atoms with Gasteiger partial charge in [-0.15, -0.1) is 0 Å². The number of nitrogens with two attached hydrogens (primary N) is 1. The van der Waals surface area contributed by atoms with E-state index in [0.29, 0.717) is 5.41 Å². The molecule has 20 heavy (non-hydrogen) atoms. The van der Waals surface area contributed by atoms with Crippen LogP contribution in [0.25, 0.3) is 0 Å². The summed E-state index contributed by atoms with van der Waals surface area (Å²) in [6, 6.07) is 9.32. The highest BCUT2D eigenvalue weighted by atomic mass is 14.8. The van der Waals surface area contributed by atoms with Crippen molar-refractivity contribution < 1.29 is 0 Å². The lowest BCUT2D eigenvalue weighted by Gasteiger charge is -2.34. The van der Waals surface area contributed by atoms with Gasteiger partial charge in [0.05, 0.1) is 0 Å². The molecule has 0 saturated heterocycles. The van der Waals surface area contributed by atoms with Gasteiger partial charge in [-0.3, -0.25) is 0 Å². The van der Waals surface area contributed by atoms with E-state index in [4.69, 9.17) is 5.73 Å². The molecule has 0 atom stereocenters. The van der Waals surface area contributed by atoms with Crippen molar-refractivity contribution in [3.05, 3.63) is 35.4 Å². The van der Waals surface area contributed by atoms with Crippen LogP contribution in [0.2, 0.25) is 0 Å². The SMILES string of the molecule is CC1(C)CCC(c2ccc(C3(N)CCCC3)cc2)CC1. The summed E-state index contributed by atoms with van der Waals surface area (Å²) in [5.41, 5.74) is 9.96. The van der Waals surface area contributed by atoms with E-state index in [0.717, 1.165) is 18.8 Å². The van der Waals surface area contributed by atoms with Gasteiger partial charge >= 0.3 is 0 Å². The zero-order chi connectivity index (χ0) is 14.2. The summed E-state index contributed by atoms with van der Waals surface area (Å²) in [7, 11) is 0. The van der Waals surface area contributed by atoms with Gasteiger partial charge in [0, 0.05) is 5.54 Å². The molecule has 2 fully saturated rings.